The Balaban J connectivity index is 1.57. The third-order valence-corrected chi connectivity index (χ3v) is 7.14. The first kappa shape index (κ1) is 25.0. The number of hydrogen-bond donors (Lipinski definition) is 3. The monoisotopic (exact) mass is 487 g/mol. The number of aliphatic hydroxyl groups is 2. The van der Waals surface area contributed by atoms with Crippen LogP contribution < -0.4 is 5.73 Å². The molecule has 0 radical (unpaired) electrons. The van der Waals surface area contributed by atoms with Crippen LogP contribution in [-0.4, -0.2) is 67.2 Å². The van der Waals surface area contributed by atoms with Gasteiger partial charge in [-0.25, -0.2) is 9.50 Å². The maximum Gasteiger partial charge on any atom is 0.697 e. The molecule has 1 fully saturated rings. The number of carbonyl (C=O) groups is 1. The second-order valence-electron chi connectivity index (χ2n) is 8.81. The van der Waals surface area contributed by atoms with Crippen molar-refractivity contribution in [3.8, 4) is 0 Å². The van der Waals surface area contributed by atoms with Crippen LogP contribution in [0.5, 0.6) is 0 Å². The Morgan fingerprint density at radius 1 is 1.44 bits per heavy atom. The van der Waals surface area contributed by atoms with E-state index in [1.54, 1.807) is 12.1 Å². The molecular formula is C19H28N4O7PS+. The van der Waals surface area contributed by atoms with Crippen molar-refractivity contribution in [3.05, 3.63) is 24.2 Å². The van der Waals surface area contributed by atoms with Crippen LogP contribution in [-0.2, 0) is 28.7 Å². The first-order valence-corrected chi connectivity index (χ1v) is 12.0. The molecule has 176 valence electrons. The maximum absolute atomic E-state index is 12.1. The quantitative estimate of drug-likeness (QED) is 0.367. The lowest BCUT2D eigenvalue weighted by Crippen LogP contribution is -2.49. The molecule has 0 spiro atoms. The second kappa shape index (κ2) is 9.30. The lowest BCUT2D eigenvalue weighted by Gasteiger charge is -2.30. The van der Waals surface area contributed by atoms with E-state index >= 15 is 0 Å². The Morgan fingerprint density at radius 2 is 2.16 bits per heavy atom. The average Bonchev–Trinajstić information content (AvgIpc) is 3.26. The molecule has 1 aliphatic rings. The fraction of sp³-hybridized carbons (Fsp3) is 0.632. The van der Waals surface area contributed by atoms with Crippen LogP contribution in [0.2, 0.25) is 0 Å². The third-order valence-electron chi connectivity index (χ3n) is 5.16. The van der Waals surface area contributed by atoms with E-state index in [4.69, 9.17) is 19.5 Å². The third kappa shape index (κ3) is 4.96. The Hall–Kier alpha value is -1.66. The van der Waals surface area contributed by atoms with E-state index in [0.29, 0.717) is 11.3 Å². The summed E-state index contributed by atoms with van der Waals surface area (Å²) in [4.78, 5) is 15.8. The summed E-state index contributed by atoms with van der Waals surface area (Å²) in [6.07, 6.45) is -0.178. The molecule has 4 atom stereocenters. The van der Waals surface area contributed by atoms with E-state index in [0.717, 1.165) is 11.8 Å². The Morgan fingerprint density at radius 3 is 2.84 bits per heavy atom. The highest BCUT2D eigenvalue weighted by Crippen LogP contribution is 2.42. The first-order valence-electron chi connectivity index (χ1n) is 9.92. The van der Waals surface area contributed by atoms with Crippen LogP contribution in [0, 0.1) is 5.41 Å². The number of rotatable bonds is 8. The van der Waals surface area contributed by atoms with Gasteiger partial charge in [-0.2, -0.15) is 5.10 Å². The van der Waals surface area contributed by atoms with E-state index < -0.39 is 31.0 Å². The molecule has 0 amide bonds. The second-order valence-corrected chi connectivity index (χ2v) is 10.8. The van der Waals surface area contributed by atoms with Crippen LogP contribution in [0.3, 0.4) is 0 Å². The Kier molecular flexibility index (Phi) is 7.26. The molecule has 4 N–H and O–H groups in total. The topological polar surface area (TPSA) is 158 Å². The van der Waals surface area contributed by atoms with Gasteiger partial charge in [-0.1, -0.05) is 32.5 Å². The number of aliphatic hydroxyl groups excluding tert-OH is 1. The minimum absolute atomic E-state index is 0.0106. The molecule has 32 heavy (non-hydrogen) atoms. The highest BCUT2D eigenvalue weighted by molar-refractivity contribution is 8.13. The number of aromatic nitrogens is 3. The number of thioether (sulfide) groups is 1. The molecule has 1 saturated heterocycles. The Bertz CT molecular complexity index is 1010. The van der Waals surface area contributed by atoms with Gasteiger partial charge < -0.3 is 20.7 Å². The fourth-order valence-electron chi connectivity index (χ4n) is 3.23. The number of nitrogens with zero attached hydrogens (tertiary/aromatic N) is 3. The van der Waals surface area contributed by atoms with E-state index in [-0.39, 0.29) is 36.4 Å². The van der Waals surface area contributed by atoms with Crippen LogP contribution in [0.15, 0.2) is 18.5 Å². The zero-order valence-corrected chi connectivity index (χ0v) is 20.1. The van der Waals surface area contributed by atoms with Gasteiger partial charge in [-0.05, 0) is 19.1 Å². The smallest absolute Gasteiger partial charge is 0.386 e. The molecule has 4 unspecified atom stereocenters. The predicted octanol–water partition coefficient (Wildman–Crippen LogP) is 1.65. The van der Waals surface area contributed by atoms with Gasteiger partial charge in [0.25, 0.3) is 0 Å². The molecule has 1 aliphatic heterocycles. The molecule has 2 aromatic heterocycles. The van der Waals surface area contributed by atoms with Crippen molar-refractivity contribution in [1.82, 2.24) is 14.6 Å². The average molecular weight is 487 g/mol. The van der Waals surface area contributed by atoms with Crippen LogP contribution in [0.1, 0.15) is 33.4 Å². The highest BCUT2D eigenvalue weighted by Gasteiger charge is 2.58. The maximum atomic E-state index is 12.1. The fourth-order valence-corrected chi connectivity index (χ4v) is 4.82. The lowest BCUT2D eigenvalue weighted by atomic mass is 9.86. The van der Waals surface area contributed by atoms with Gasteiger partial charge in [0.15, 0.2) is 16.5 Å². The van der Waals surface area contributed by atoms with E-state index in [2.05, 4.69) is 10.1 Å². The first-order chi connectivity index (χ1) is 14.9. The van der Waals surface area contributed by atoms with Crippen molar-refractivity contribution < 1.29 is 33.4 Å². The standard InChI is InChI=1S/C19H28N4O7PS/c1-17(2,3)16(25)32-8-7-29-31(27)30-9-18(4)15(24)19(26,10-28-18)13-6-5-12-14(20)21-11-22-23(12)13/h5-6,11,15,24,26H,7-10H2,1-4H3,(H2,20,21,22)/q+1. The van der Waals surface area contributed by atoms with Gasteiger partial charge in [-0.3, -0.25) is 4.79 Å². The molecule has 3 heterocycles. The minimum atomic E-state index is -2.50. The number of hydrogen-bond acceptors (Lipinski definition) is 11. The minimum Gasteiger partial charge on any atom is -0.386 e. The van der Waals surface area contributed by atoms with Crippen molar-refractivity contribution >= 4 is 36.5 Å². The summed E-state index contributed by atoms with van der Waals surface area (Å²) in [5.74, 6) is 0.564. The van der Waals surface area contributed by atoms with Crippen molar-refractivity contribution in [2.24, 2.45) is 5.41 Å². The van der Waals surface area contributed by atoms with Crippen molar-refractivity contribution in [2.45, 2.75) is 45.0 Å². The molecule has 0 bridgehead atoms. The van der Waals surface area contributed by atoms with E-state index in [1.807, 2.05) is 20.8 Å². The zero-order chi connectivity index (χ0) is 23.7. The number of nitrogen functional groups attached to an aromatic ring is 1. The zero-order valence-electron chi connectivity index (χ0n) is 18.3. The van der Waals surface area contributed by atoms with Crippen LogP contribution >= 0.6 is 20.0 Å². The normalized spacial score (nSPS) is 26.6. The Labute approximate surface area is 190 Å². The number of ether oxygens (including phenoxy) is 1. The lowest BCUT2D eigenvalue weighted by molar-refractivity contribution is -0.117. The largest absolute Gasteiger partial charge is 0.697 e. The van der Waals surface area contributed by atoms with Crippen molar-refractivity contribution in [2.75, 3.05) is 31.3 Å². The molecule has 0 aliphatic carbocycles. The van der Waals surface area contributed by atoms with Gasteiger partial charge in [0.05, 0.1) is 12.3 Å². The highest BCUT2D eigenvalue weighted by atomic mass is 32.2. The summed E-state index contributed by atoms with van der Waals surface area (Å²) < 4.78 is 29.5. The summed E-state index contributed by atoms with van der Waals surface area (Å²) >= 11 is 1.10. The van der Waals surface area contributed by atoms with Gasteiger partial charge >= 0.3 is 8.25 Å². The number of anilines is 1. The van der Waals surface area contributed by atoms with Crippen LogP contribution in [0.25, 0.3) is 5.52 Å². The van der Waals surface area contributed by atoms with Gasteiger partial charge in [0, 0.05) is 15.7 Å². The van der Waals surface area contributed by atoms with E-state index in [1.165, 1.54) is 17.8 Å². The molecule has 0 aromatic carbocycles. The SMILES string of the molecule is CC(C)(C)C(=O)SCCO[P+](=O)OCC1(C)OCC(O)(c2ccc3c(N)ncnn23)C1O. The molecule has 2 aromatic rings. The molecule has 13 heteroatoms. The summed E-state index contributed by atoms with van der Waals surface area (Å²) in [6, 6.07) is 3.22. The summed E-state index contributed by atoms with van der Waals surface area (Å²) in [7, 11) is -2.50. The van der Waals surface area contributed by atoms with Crippen molar-refractivity contribution in [1.29, 1.82) is 0 Å². The van der Waals surface area contributed by atoms with Gasteiger partial charge in [-0.15, -0.1) is 9.05 Å². The summed E-state index contributed by atoms with van der Waals surface area (Å²) in [6.45, 7) is 6.52. The van der Waals surface area contributed by atoms with Crippen molar-refractivity contribution in [3.63, 3.8) is 0 Å². The summed E-state index contributed by atoms with van der Waals surface area (Å²) in [5.41, 5.74) is 2.96. The molecule has 11 nitrogen and oxygen atoms in total. The number of carbonyl (C=O) groups excluding carboxylic acids is 1. The number of nitrogens with two attached hydrogens (primary N) is 1. The van der Waals surface area contributed by atoms with Gasteiger partial charge in [0.2, 0.25) is 0 Å². The molecule has 0 saturated carbocycles. The predicted molar refractivity (Wildman–Crippen MR) is 118 cm³/mol. The number of fused-ring (bicyclic) bond motifs is 1. The van der Waals surface area contributed by atoms with Gasteiger partial charge in [0.1, 0.15) is 36.8 Å². The summed E-state index contributed by atoms with van der Waals surface area (Å²) in [5, 5.41) is 26.2. The van der Waals surface area contributed by atoms with Crippen LogP contribution in [0.4, 0.5) is 5.82 Å². The van der Waals surface area contributed by atoms with E-state index in [9.17, 15) is 19.6 Å². The molecular weight excluding hydrogens is 459 g/mol. The molecule has 3 rings (SSSR count).